The van der Waals surface area contributed by atoms with Gasteiger partial charge in [0.2, 0.25) is 0 Å². The zero-order valence-corrected chi connectivity index (χ0v) is 11.3. The number of nitrogens with one attached hydrogen (secondary N) is 1. The summed E-state index contributed by atoms with van der Waals surface area (Å²) in [7, 11) is 0. The smallest absolute Gasteiger partial charge is 0.258 e. The van der Waals surface area contributed by atoms with Crippen LogP contribution in [0.2, 0.25) is 5.02 Å². The lowest BCUT2D eigenvalue weighted by atomic mass is 10.1. The monoisotopic (exact) mass is 282 g/mol. The number of fused-ring (bicyclic) bond motifs is 1. The summed E-state index contributed by atoms with van der Waals surface area (Å²) in [6.45, 7) is 0. The van der Waals surface area contributed by atoms with Crippen LogP contribution in [0.1, 0.15) is 10.4 Å². The van der Waals surface area contributed by atoms with E-state index in [1.165, 1.54) is 6.20 Å². The molecule has 4 heteroatoms. The van der Waals surface area contributed by atoms with E-state index in [0.717, 1.165) is 16.6 Å². The molecule has 0 bridgehead atoms. The molecule has 0 aliphatic carbocycles. The van der Waals surface area contributed by atoms with Crippen molar-refractivity contribution >= 4 is 34.1 Å². The molecule has 1 heterocycles. The van der Waals surface area contributed by atoms with Crippen molar-refractivity contribution in [2.45, 2.75) is 0 Å². The largest absolute Gasteiger partial charge is 0.322 e. The van der Waals surface area contributed by atoms with Crippen LogP contribution < -0.4 is 5.32 Å². The summed E-state index contributed by atoms with van der Waals surface area (Å²) in [4.78, 5) is 16.5. The van der Waals surface area contributed by atoms with Crippen molar-refractivity contribution < 1.29 is 4.79 Å². The Balaban J connectivity index is 1.98. The number of carbonyl (C=O) groups is 1. The van der Waals surface area contributed by atoms with Gasteiger partial charge < -0.3 is 5.32 Å². The predicted octanol–water partition coefficient (Wildman–Crippen LogP) is 4.14. The van der Waals surface area contributed by atoms with Crippen LogP contribution in [-0.2, 0) is 0 Å². The highest BCUT2D eigenvalue weighted by Gasteiger charge is 2.13. The maximum Gasteiger partial charge on any atom is 0.258 e. The number of aromatic nitrogens is 1. The molecule has 0 unspecified atom stereocenters. The van der Waals surface area contributed by atoms with Crippen molar-refractivity contribution in [1.29, 1.82) is 0 Å². The summed E-state index contributed by atoms with van der Waals surface area (Å²) in [5.41, 5.74) is 1.87. The maximum atomic E-state index is 12.2. The molecule has 3 aromatic rings. The maximum absolute atomic E-state index is 12.2. The molecule has 3 rings (SSSR count). The molecule has 98 valence electrons. The zero-order valence-electron chi connectivity index (χ0n) is 10.5. The van der Waals surface area contributed by atoms with Crippen LogP contribution >= 0.6 is 11.6 Å². The van der Waals surface area contributed by atoms with Gasteiger partial charge in [0.25, 0.3) is 5.91 Å². The number of hydrogen-bond acceptors (Lipinski definition) is 2. The first kappa shape index (κ1) is 12.6. The number of rotatable bonds is 2. The number of hydrogen-bond donors (Lipinski definition) is 1. The van der Waals surface area contributed by atoms with E-state index in [2.05, 4.69) is 10.3 Å². The minimum atomic E-state index is -0.264. The van der Waals surface area contributed by atoms with Crippen LogP contribution in [0.3, 0.4) is 0 Å². The highest BCUT2D eigenvalue weighted by molar-refractivity contribution is 6.38. The fraction of sp³-hybridized carbons (Fsp3) is 0. The molecule has 2 aromatic carbocycles. The van der Waals surface area contributed by atoms with E-state index in [9.17, 15) is 4.79 Å². The van der Waals surface area contributed by atoms with Crippen LogP contribution in [0.4, 0.5) is 5.69 Å². The van der Waals surface area contributed by atoms with Crippen LogP contribution in [0.25, 0.3) is 10.9 Å². The predicted molar refractivity (Wildman–Crippen MR) is 81.1 cm³/mol. The van der Waals surface area contributed by atoms with Crippen molar-refractivity contribution in [3.05, 3.63) is 71.4 Å². The molecule has 1 amide bonds. The Morgan fingerprint density at radius 1 is 1.00 bits per heavy atom. The standard InChI is InChI=1S/C16H11ClN2O/c17-15-12-8-4-5-9-14(12)18-10-13(15)16(20)19-11-6-2-1-3-7-11/h1-10H,(H,19,20). The summed E-state index contributed by atoms with van der Waals surface area (Å²) in [6, 6.07) is 16.7. The number of halogens is 1. The van der Waals surface area contributed by atoms with E-state index in [0.29, 0.717) is 10.6 Å². The minimum absolute atomic E-state index is 0.264. The topological polar surface area (TPSA) is 42.0 Å². The molecule has 0 saturated carbocycles. The van der Waals surface area contributed by atoms with Crippen molar-refractivity contribution in [1.82, 2.24) is 4.98 Å². The second-order valence-corrected chi connectivity index (χ2v) is 4.70. The average molecular weight is 283 g/mol. The molecule has 1 N–H and O–H groups in total. The molecule has 0 radical (unpaired) electrons. The fourth-order valence-electron chi connectivity index (χ4n) is 1.99. The fourth-order valence-corrected chi connectivity index (χ4v) is 2.28. The van der Waals surface area contributed by atoms with E-state index >= 15 is 0 Å². The number of para-hydroxylation sites is 2. The Hall–Kier alpha value is -2.39. The first-order valence-electron chi connectivity index (χ1n) is 6.15. The Morgan fingerprint density at radius 2 is 1.70 bits per heavy atom. The summed E-state index contributed by atoms with van der Waals surface area (Å²) in [5, 5.41) is 3.99. The molecule has 0 saturated heterocycles. The van der Waals surface area contributed by atoms with Crippen LogP contribution in [0.5, 0.6) is 0 Å². The van der Waals surface area contributed by atoms with Gasteiger partial charge in [0, 0.05) is 17.3 Å². The van der Waals surface area contributed by atoms with Gasteiger partial charge in [-0.25, -0.2) is 0 Å². The lowest BCUT2D eigenvalue weighted by Crippen LogP contribution is -2.12. The number of carbonyl (C=O) groups excluding carboxylic acids is 1. The van der Waals surface area contributed by atoms with E-state index in [4.69, 9.17) is 11.6 Å². The Morgan fingerprint density at radius 3 is 2.50 bits per heavy atom. The van der Waals surface area contributed by atoms with Gasteiger partial charge in [-0.15, -0.1) is 0 Å². The van der Waals surface area contributed by atoms with Crippen molar-refractivity contribution in [2.75, 3.05) is 5.32 Å². The van der Waals surface area contributed by atoms with Gasteiger partial charge in [0.1, 0.15) is 0 Å². The zero-order chi connectivity index (χ0) is 13.9. The number of benzene rings is 2. The molecule has 0 aliphatic heterocycles. The van der Waals surface area contributed by atoms with Crippen LogP contribution in [-0.4, -0.2) is 10.9 Å². The third-order valence-electron chi connectivity index (χ3n) is 2.99. The number of anilines is 1. The van der Waals surface area contributed by atoms with Crippen LogP contribution in [0.15, 0.2) is 60.8 Å². The number of amides is 1. The van der Waals surface area contributed by atoms with E-state index < -0.39 is 0 Å². The van der Waals surface area contributed by atoms with Crippen molar-refractivity contribution in [3.63, 3.8) is 0 Å². The minimum Gasteiger partial charge on any atom is -0.322 e. The Bertz CT molecular complexity index is 772. The lowest BCUT2D eigenvalue weighted by Gasteiger charge is -2.08. The first-order valence-corrected chi connectivity index (χ1v) is 6.53. The quantitative estimate of drug-likeness (QED) is 0.767. The van der Waals surface area contributed by atoms with Gasteiger partial charge in [0.15, 0.2) is 0 Å². The molecule has 3 nitrogen and oxygen atoms in total. The summed E-state index contributed by atoms with van der Waals surface area (Å²) >= 11 is 6.30. The Labute approximate surface area is 121 Å². The molecule has 0 aliphatic rings. The number of nitrogens with zero attached hydrogens (tertiary/aromatic N) is 1. The molecule has 20 heavy (non-hydrogen) atoms. The van der Waals surface area contributed by atoms with Gasteiger partial charge in [-0.05, 0) is 18.2 Å². The lowest BCUT2D eigenvalue weighted by molar-refractivity contribution is 0.102. The molecule has 0 atom stereocenters. The van der Waals surface area contributed by atoms with Gasteiger partial charge in [-0.1, -0.05) is 48.0 Å². The summed E-state index contributed by atoms with van der Waals surface area (Å²) in [5.74, 6) is -0.264. The highest BCUT2D eigenvalue weighted by Crippen LogP contribution is 2.26. The van der Waals surface area contributed by atoms with Gasteiger partial charge >= 0.3 is 0 Å². The van der Waals surface area contributed by atoms with Gasteiger partial charge in [0.05, 0.1) is 16.1 Å². The van der Waals surface area contributed by atoms with Crippen molar-refractivity contribution in [2.24, 2.45) is 0 Å². The second kappa shape index (κ2) is 5.31. The van der Waals surface area contributed by atoms with Gasteiger partial charge in [-0.2, -0.15) is 0 Å². The van der Waals surface area contributed by atoms with Crippen LogP contribution in [0, 0.1) is 0 Å². The summed E-state index contributed by atoms with van der Waals surface area (Å²) < 4.78 is 0. The average Bonchev–Trinajstić information content (AvgIpc) is 2.49. The van der Waals surface area contributed by atoms with Gasteiger partial charge in [-0.3, -0.25) is 9.78 Å². The normalized spacial score (nSPS) is 10.4. The second-order valence-electron chi connectivity index (χ2n) is 4.32. The third-order valence-corrected chi connectivity index (χ3v) is 3.39. The molecule has 1 aromatic heterocycles. The van der Waals surface area contributed by atoms with E-state index in [-0.39, 0.29) is 5.91 Å². The number of pyridine rings is 1. The Kier molecular flexibility index (Phi) is 3.35. The summed E-state index contributed by atoms with van der Waals surface area (Å²) in [6.07, 6.45) is 1.50. The molecule has 0 fully saturated rings. The first-order chi connectivity index (χ1) is 9.75. The van der Waals surface area contributed by atoms with E-state index in [1.54, 1.807) is 0 Å². The van der Waals surface area contributed by atoms with E-state index in [1.807, 2.05) is 54.6 Å². The third kappa shape index (κ3) is 2.36. The molecular weight excluding hydrogens is 272 g/mol. The van der Waals surface area contributed by atoms with Crippen molar-refractivity contribution in [3.8, 4) is 0 Å². The SMILES string of the molecule is O=C(Nc1ccccc1)c1cnc2ccccc2c1Cl. The highest BCUT2D eigenvalue weighted by atomic mass is 35.5. The molecule has 0 spiro atoms. The molecular formula is C16H11ClN2O.